The van der Waals surface area contributed by atoms with Crippen molar-refractivity contribution in [2.24, 2.45) is 16.6 Å². The lowest BCUT2D eigenvalue weighted by atomic mass is 10.1. The summed E-state index contributed by atoms with van der Waals surface area (Å²) in [5, 5.41) is 0. The number of nitrogens with two attached hydrogens (primary N) is 1. The van der Waals surface area contributed by atoms with Crippen LogP contribution in [0.2, 0.25) is 0 Å². The van der Waals surface area contributed by atoms with E-state index in [1.807, 2.05) is 0 Å². The van der Waals surface area contributed by atoms with Crippen molar-refractivity contribution in [3.05, 3.63) is 11.8 Å². The fraction of sp³-hybridized carbons (Fsp3) is 0.700. The molecule has 2 atom stereocenters. The fourth-order valence-corrected chi connectivity index (χ4v) is 2.14. The second-order valence-corrected chi connectivity index (χ2v) is 4.23. The van der Waals surface area contributed by atoms with Gasteiger partial charge in [-0.05, 0) is 6.08 Å². The molecule has 2 heterocycles. The molecule has 0 fully saturated rings. The van der Waals surface area contributed by atoms with Gasteiger partial charge in [-0.15, -0.1) is 0 Å². The highest BCUT2D eigenvalue weighted by atomic mass is 19.4. The smallest absolute Gasteiger partial charge is 0.382 e. The SMILES string of the molecule is COCC1CN2CC(C(F)(F)F)C=C2C(N)=N1. The molecule has 2 rings (SSSR count). The van der Waals surface area contributed by atoms with E-state index in [4.69, 9.17) is 10.5 Å². The zero-order valence-corrected chi connectivity index (χ0v) is 9.37. The molecule has 4 nitrogen and oxygen atoms in total. The Kier molecular flexibility index (Phi) is 3.03. The maximum Gasteiger partial charge on any atom is 0.396 e. The van der Waals surface area contributed by atoms with Gasteiger partial charge in [0, 0.05) is 20.2 Å². The Morgan fingerprint density at radius 1 is 1.53 bits per heavy atom. The fourth-order valence-electron chi connectivity index (χ4n) is 2.14. The summed E-state index contributed by atoms with van der Waals surface area (Å²) in [6.45, 7) is 0.712. The van der Waals surface area contributed by atoms with E-state index >= 15 is 0 Å². The summed E-state index contributed by atoms with van der Waals surface area (Å²) in [4.78, 5) is 5.75. The van der Waals surface area contributed by atoms with Gasteiger partial charge in [-0.1, -0.05) is 0 Å². The highest BCUT2D eigenvalue weighted by molar-refractivity contribution is 5.97. The normalized spacial score (nSPS) is 28.8. The lowest BCUT2D eigenvalue weighted by Gasteiger charge is -2.30. The Morgan fingerprint density at radius 2 is 2.24 bits per heavy atom. The zero-order chi connectivity index (χ0) is 12.6. The molecule has 0 spiro atoms. The molecule has 0 aliphatic carbocycles. The van der Waals surface area contributed by atoms with E-state index in [9.17, 15) is 13.2 Å². The summed E-state index contributed by atoms with van der Waals surface area (Å²) >= 11 is 0. The van der Waals surface area contributed by atoms with Crippen LogP contribution in [0.15, 0.2) is 16.8 Å². The van der Waals surface area contributed by atoms with Crippen LogP contribution in [0, 0.1) is 5.92 Å². The maximum atomic E-state index is 12.6. The van der Waals surface area contributed by atoms with Crippen molar-refractivity contribution in [3.8, 4) is 0 Å². The van der Waals surface area contributed by atoms with Crippen LogP contribution in [0.1, 0.15) is 0 Å². The average molecular weight is 249 g/mol. The molecule has 0 amide bonds. The van der Waals surface area contributed by atoms with Gasteiger partial charge in [0.15, 0.2) is 0 Å². The molecule has 0 saturated heterocycles. The number of amidine groups is 1. The van der Waals surface area contributed by atoms with Crippen molar-refractivity contribution >= 4 is 5.84 Å². The molecule has 0 saturated carbocycles. The van der Waals surface area contributed by atoms with E-state index in [0.717, 1.165) is 6.08 Å². The van der Waals surface area contributed by atoms with E-state index in [0.29, 0.717) is 18.8 Å². The van der Waals surface area contributed by atoms with E-state index in [2.05, 4.69) is 4.99 Å². The molecule has 2 aliphatic rings. The Bertz CT molecular complexity index is 364. The highest BCUT2D eigenvalue weighted by Crippen LogP contribution is 2.35. The van der Waals surface area contributed by atoms with Gasteiger partial charge in [0.2, 0.25) is 0 Å². The highest BCUT2D eigenvalue weighted by Gasteiger charge is 2.44. The molecule has 2 unspecified atom stereocenters. The van der Waals surface area contributed by atoms with Crippen molar-refractivity contribution < 1.29 is 17.9 Å². The van der Waals surface area contributed by atoms with Gasteiger partial charge in [0.05, 0.1) is 24.3 Å². The second-order valence-electron chi connectivity index (χ2n) is 4.23. The first-order chi connectivity index (χ1) is 7.91. The van der Waals surface area contributed by atoms with Gasteiger partial charge in [-0.2, -0.15) is 13.2 Å². The van der Waals surface area contributed by atoms with E-state index < -0.39 is 12.1 Å². The molecule has 0 bridgehead atoms. The molecule has 2 aliphatic heterocycles. The van der Waals surface area contributed by atoms with E-state index in [-0.39, 0.29) is 18.4 Å². The minimum absolute atomic E-state index is 0.0741. The number of nitrogens with zero attached hydrogens (tertiary/aromatic N) is 2. The van der Waals surface area contributed by atoms with Crippen LogP contribution in [-0.4, -0.2) is 49.8 Å². The Morgan fingerprint density at radius 3 is 2.82 bits per heavy atom. The lowest BCUT2D eigenvalue weighted by Crippen LogP contribution is -2.42. The quantitative estimate of drug-likeness (QED) is 0.785. The number of halogens is 3. The maximum absolute atomic E-state index is 12.6. The summed E-state index contributed by atoms with van der Waals surface area (Å²) in [6.07, 6.45) is -3.07. The topological polar surface area (TPSA) is 50.9 Å². The van der Waals surface area contributed by atoms with Crippen LogP contribution in [0.3, 0.4) is 0 Å². The van der Waals surface area contributed by atoms with Crippen LogP contribution in [0.4, 0.5) is 13.2 Å². The first-order valence-electron chi connectivity index (χ1n) is 5.28. The van der Waals surface area contributed by atoms with Crippen LogP contribution in [0.5, 0.6) is 0 Å². The predicted molar refractivity (Wildman–Crippen MR) is 56.5 cm³/mol. The number of rotatable bonds is 2. The Labute approximate surface area is 96.9 Å². The van der Waals surface area contributed by atoms with Crippen molar-refractivity contribution in [1.29, 1.82) is 0 Å². The van der Waals surface area contributed by atoms with Crippen molar-refractivity contribution in [3.63, 3.8) is 0 Å². The first kappa shape index (κ1) is 12.2. The molecule has 0 aromatic rings. The molecule has 0 aromatic heterocycles. The summed E-state index contributed by atoms with van der Waals surface area (Å²) in [5.41, 5.74) is 6.07. The molecule has 7 heteroatoms. The summed E-state index contributed by atoms with van der Waals surface area (Å²) in [7, 11) is 1.53. The number of hydrogen-bond acceptors (Lipinski definition) is 4. The van der Waals surface area contributed by atoms with Gasteiger partial charge in [0.1, 0.15) is 5.84 Å². The zero-order valence-electron chi connectivity index (χ0n) is 9.37. The molecule has 96 valence electrons. The van der Waals surface area contributed by atoms with Gasteiger partial charge < -0.3 is 15.4 Å². The van der Waals surface area contributed by atoms with Crippen LogP contribution >= 0.6 is 0 Å². The lowest BCUT2D eigenvalue weighted by molar-refractivity contribution is -0.160. The largest absolute Gasteiger partial charge is 0.396 e. The van der Waals surface area contributed by atoms with Crippen LogP contribution < -0.4 is 5.73 Å². The number of hydrogen-bond donors (Lipinski definition) is 1. The molecule has 17 heavy (non-hydrogen) atoms. The third-order valence-electron chi connectivity index (χ3n) is 2.91. The van der Waals surface area contributed by atoms with Gasteiger partial charge >= 0.3 is 6.18 Å². The minimum atomic E-state index is -4.22. The van der Waals surface area contributed by atoms with Crippen molar-refractivity contribution in [2.75, 3.05) is 26.8 Å². The molecular weight excluding hydrogens is 235 g/mol. The van der Waals surface area contributed by atoms with Gasteiger partial charge in [-0.3, -0.25) is 4.99 Å². The summed E-state index contributed by atoms with van der Waals surface area (Å²) in [6, 6.07) is -0.191. The van der Waals surface area contributed by atoms with E-state index in [1.165, 1.54) is 7.11 Å². The van der Waals surface area contributed by atoms with Gasteiger partial charge in [0.25, 0.3) is 0 Å². The van der Waals surface area contributed by atoms with Gasteiger partial charge in [-0.25, -0.2) is 0 Å². The molecule has 0 radical (unpaired) electrons. The van der Waals surface area contributed by atoms with Crippen molar-refractivity contribution in [2.45, 2.75) is 12.2 Å². The van der Waals surface area contributed by atoms with Crippen molar-refractivity contribution in [1.82, 2.24) is 4.90 Å². The van der Waals surface area contributed by atoms with Crippen LogP contribution in [0.25, 0.3) is 0 Å². The third-order valence-corrected chi connectivity index (χ3v) is 2.91. The molecular formula is C10H14F3N3O. The first-order valence-corrected chi connectivity index (χ1v) is 5.28. The monoisotopic (exact) mass is 249 g/mol. The Balaban J connectivity index is 2.15. The Hall–Kier alpha value is -1.24. The number of aliphatic imine (C=N–C) groups is 1. The standard InChI is InChI=1S/C10H14F3N3O/c1-17-5-7-4-16-3-6(10(11,12)13)2-8(16)9(14)15-7/h2,6-7H,3-5H2,1H3,(H2,14,15). The number of fused-ring (bicyclic) bond motifs is 1. The second kappa shape index (κ2) is 4.21. The number of ether oxygens (including phenoxy) is 1. The average Bonchev–Trinajstić information content (AvgIpc) is 2.61. The molecule has 2 N–H and O–H groups in total. The van der Waals surface area contributed by atoms with Crippen LogP contribution in [-0.2, 0) is 4.74 Å². The predicted octanol–water partition coefficient (Wildman–Crippen LogP) is 0.750. The third kappa shape index (κ3) is 2.38. The summed E-state index contributed by atoms with van der Waals surface area (Å²) in [5.74, 6) is -1.28. The number of methoxy groups -OCH3 is 1. The minimum Gasteiger partial charge on any atom is -0.382 e. The number of alkyl halides is 3. The molecule has 0 aromatic carbocycles. The summed E-state index contributed by atoms with van der Waals surface area (Å²) < 4.78 is 42.7. The van der Waals surface area contributed by atoms with E-state index in [1.54, 1.807) is 4.90 Å².